The van der Waals surface area contributed by atoms with Crippen LogP contribution in [0.25, 0.3) is 0 Å². The fourth-order valence-corrected chi connectivity index (χ4v) is 3.03. The van der Waals surface area contributed by atoms with Gasteiger partial charge in [0.2, 0.25) is 11.5 Å². The van der Waals surface area contributed by atoms with Gasteiger partial charge in [0.05, 0.1) is 0 Å². The number of amides is 2. The molecule has 0 spiro atoms. The summed E-state index contributed by atoms with van der Waals surface area (Å²) in [5.74, 6) is -1.72. The van der Waals surface area contributed by atoms with Crippen molar-refractivity contribution in [3.8, 4) is 0 Å². The molecular weight excluding hydrogens is 396 g/mol. The lowest BCUT2D eigenvalue weighted by Gasteiger charge is -2.26. The Kier molecular flexibility index (Phi) is 6.79. The highest BCUT2D eigenvalue weighted by Crippen LogP contribution is 2.31. The second-order valence-corrected chi connectivity index (χ2v) is 6.83. The average molecular weight is 418 g/mol. The maximum Gasteiger partial charge on any atom is 0.348 e. The Labute approximate surface area is 179 Å². The maximum atomic E-state index is 12.9. The molecule has 2 amide bonds. The van der Waals surface area contributed by atoms with E-state index in [9.17, 15) is 19.5 Å². The number of ether oxygens (including phenoxy) is 1. The molecule has 3 rings (SSSR count). The van der Waals surface area contributed by atoms with Gasteiger partial charge in [-0.15, -0.1) is 0 Å². The Morgan fingerprint density at radius 3 is 1.68 bits per heavy atom. The molecule has 0 aromatic heterocycles. The lowest BCUT2D eigenvalue weighted by atomic mass is 9.86. The molecule has 3 aromatic rings. The summed E-state index contributed by atoms with van der Waals surface area (Å²) in [7, 11) is 0. The number of esters is 1. The Morgan fingerprint density at radius 1 is 0.774 bits per heavy atom. The number of rotatable bonds is 7. The number of hydrogen-bond acceptors (Lipinski definition) is 5. The Hall–Kier alpha value is -3.97. The molecule has 7 nitrogen and oxygen atoms in total. The number of nitrogens with one attached hydrogen (secondary N) is 2. The summed E-state index contributed by atoms with van der Waals surface area (Å²) >= 11 is 0. The Morgan fingerprint density at radius 2 is 1.23 bits per heavy atom. The van der Waals surface area contributed by atoms with Crippen LogP contribution in [0, 0.1) is 0 Å². The minimum atomic E-state index is -2.05. The summed E-state index contributed by atoms with van der Waals surface area (Å²) in [6.45, 7) is 0.824. The van der Waals surface area contributed by atoms with Crippen molar-refractivity contribution in [2.75, 3.05) is 17.2 Å². The molecule has 3 aromatic carbocycles. The predicted octanol–water partition coefficient (Wildman–Crippen LogP) is 3.06. The van der Waals surface area contributed by atoms with Gasteiger partial charge in [-0.05, 0) is 35.4 Å². The number of carbonyl (C=O) groups excluding carboxylic acids is 3. The van der Waals surface area contributed by atoms with E-state index in [1.54, 1.807) is 84.9 Å². The highest BCUT2D eigenvalue weighted by molar-refractivity contribution is 5.95. The first-order valence-corrected chi connectivity index (χ1v) is 9.58. The Bertz CT molecular complexity index is 1010. The predicted molar refractivity (Wildman–Crippen MR) is 116 cm³/mol. The van der Waals surface area contributed by atoms with Gasteiger partial charge in [0, 0.05) is 18.3 Å². The third kappa shape index (κ3) is 5.34. The zero-order valence-electron chi connectivity index (χ0n) is 16.9. The molecule has 158 valence electrons. The fourth-order valence-electron chi connectivity index (χ4n) is 3.03. The standard InChI is InChI=1S/C24H22N2O5/c1-17(27)25-20-12-14-21(15-13-20)26-22(28)16-31-23(29)24(30,18-8-4-2-5-9-18)19-10-6-3-7-11-19/h2-15,30H,16H2,1H3,(H,25,27)(H,26,28). The van der Waals surface area contributed by atoms with Crippen LogP contribution in [-0.2, 0) is 24.7 Å². The van der Waals surface area contributed by atoms with Crippen molar-refractivity contribution in [3.05, 3.63) is 96.1 Å². The van der Waals surface area contributed by atoms with Crippen LogP contribution in [0.5, 0.6) is 0 Å². The van der Waals surface area contributed by atoms with Crippen LogP contribution in [0.1, 0.15) is 18.1 Å². The third-order valence-electron chi connectivity index (χ3n) is 4.50. The minimum Gasteiger partial charge on any atom is -0.453 e. The van der Waals surface area contributed by atoms with E-state index < -0.39 is 24.1 Å². The van der Waals surface area contributed by atoms with E-state index in [0.717, 1.165) is 0 Å². The van der Waals surface area contributed by atoms with Crippen molar-refractivity contribution in [1.82, 2.24) is 0 Å². The van der Waals surface area contributed by atoms with Gasteiger partial charge in [0.1, 0.15) is 0 Å². The molecule has 31 heavy (non-hydrogen) atoms. The van der Waals surface area contributed by atoms with Gasteiger partial charge in [0.25, 0.3) is 5.91 Å². The molecule has 0 heterocycles. The van der Waals surface area contributed by atoms with Crippen molar-refractivity contribution in [2.24, 2.45) is 0 Å². The number of hydrogen-bond donors (Lipinski definition) is 3. The number of carbonyl (C=O) groups is 3. The van der Waals surface area contributed by atoms with Crippen LogP contribution in [-0.4, -0.2) is 29.5 Å². The van der Waals surface area contributed by atoms with Crippen LogP contribution < -0.4 is 10.6 Å². The highest BCUT2D eigenvalue weighted by atomic mass is 16.6. The van der Waals surface area contributed by atoms with Crippen LogP contribution in [0.2, 0.25) is 0 Å². The van der Waals surface area contributed by atoms with Crippen LogP contribution in [0.4, 0.5) is 11.4 Å². The van der Waals surface area contributed by atoms with Crippen LogP contribution in [0.3, 0.4) is 0 Å². The van der Waals surface area contributed by atoms with E-state index in [0.29, 0.717) is 22.5 Å². The van der Waals surface area contributed by atoms with E-state index in [2.05, 4.69) is 10.6 Å². The zero-order valence-corrected chi connectivity index (χ0v) is 16.9. The lowest BCUT2D eigenvalue weighted by Crippen LogP contribution is -2.39. The normalized spacial score (nSPS) is 10.8. The highest BCUT2D eigenvalue weighted by Gasteiger charge is 2.41. The summed E-state index contributed by atoms with van der Waals surface area (Å²) in [4.78, 5) is 36.2. The van der Waals surface area contributed by atoms with Gasteiger partial charge in [-0.1, -0.05) is 60.7 Å². The number of anilines is 2. The summed E-state index contributed by atoms with van der Waals surface area (Å²) in [6, 6.07) is 23.3. The van der Waals surface area contributed by atoms with Gasteiger partial charge in [-0.25, -0.2) is 4.79 Å². The van der Waals surface area contributed by atoms with Crippen molar-refractivity contribution in [3.63, 3.8) is 0 Å². The molecule has 0 radical (unpaired) electrons. The average Bonchev–Trinajstić information content (AvgIpc) is 2.79. The molecule has 7 heteroatoms. The van der Waals surface area contributed by atoms with Crippen molar-refractivity contribution >= 4 is 29.2 Å². The Balaban J connectivity index is 1.68. The first kappa shape index (κ1) is 21.7. The summed E-state index contributed by atoms with van der Waals surface area (Å²) in [6.07, 6.45) is 0. The fraction of sp³-hybridized carbons (Fsp3) is 0.125. The monoisotopic (exact) mass is 418 g/mol. The first-order chi connectivity index (χ1) is 14.9. The van der Waals surface area contributed by atoms with Crippen LogP contribution >= 0.6 is 0 Å². The molecule has 0 unspecified atom stereocenters. The van der Waals surface area contributed by atoms with E-state index >= 15 is 0 Å². The van der Waals surface area contributed by atoms with Crippen LogP contribution in [0.15, 0.2) is 84.9 Å². The van der Waals surface area contributed by atoms with Crippen molar-refractivity contribution in [2.45, 2.75) is 12.5 Å². The molecule has 0 aliphatic rings. The lowest BCUT2D eigenvalue weighted by molar-refractivity contribution is -0.163. The summed E-state index contributed by atoms with van der Waals surface area (Å²) in [5.41, 5.74) is -0.326. The van der Waals surface area contributed by atoms with Gasteiger partial charge in [-0.2, -0.15) is 0 Å². The second kappa shape index (κ2) is 9.69. The van der Waals surface area contributed by atoms with Crippen molar-refractivity contribution in [1.29, 1.82) is 0 Å². The molecule has 0 fully saturated rings. The summed E-state index contributed by atoms with van der Waals surface area (Å²) < 4.78 is 5.17. The zero-order chi connectivity index (χ0) is 22.3. The molecular formula is C24H22N2O5. The topological polar surface area (TPSA) is 105 Å². The SMILES string of the molecule is CC(=O)Nc1ccc(NC(=O)COC(=O)C(O)(c2ccccc2)c2ccccc2)cc1. The molecule has 3 N–H and O–H groups in total. The van der Waals surface area contributed by atoms with E-state index in [4.69, 9.17) is 4.74 Å². The number of benzene rings is 3. The minimum absolute atomic E-state index is 0.201. The summed E-state index contributed by atoms with van der Waals surface area (Å²) in [5, 5.41) is 16.5. The largest absolute Gasteiger partial charge is 0.453 e. The molecule has 0 saturated carbocycles. The van der Waals surface area contributed by atoms with E-state index in [1.165, 1.54) is 6.92 Å². The molecule has 0 bridgehead atoms. The first-order valence-electron chi connectivity index (χ1n) is 9.58. The molecule has 0 aliphatic carbocycles. The van der Waals surface area contributed by atoms with Gasteiger partial charge < -0.3 is 20.5 Å². The number of aliphatic hydroxyl groups is 1. The van der Waals surface area contributed by atoms with Crippen molar-refractivity contribution < 1.29 is 24.2 Å². The molecule has 0 saturated heterocycles. The third-order valence-corrected chi connectivity index (χ3v) is 4.50. The molecule has 0 atom stereocenters. The van der Waals surface area contributed by atoms with Gasteiger partial charge in [-0.3, -0.25) is 9.59 Å². The molecule has 0 aliphatic heterocycles. The van der Waals surface area contributed by atoms with Gasteiger partial charge in [0.15, 0.2) is 6.61 Å². The quantitative estimate of drug-likeness (QED) is 0.512. The maximum absolute atomic E-state index is 12.9. The second-order valence-electron chi connectivity index (χ2n) is 6.83. The van der Waals surface area contributed by atoms with E-state index in [1.807, 2.05) is 0 Å². The van der Waals surface area contributed by atoms with Gasteiger partial charge >= 0.3 is 5.97 Å². The van der Waals surface area contributed by atoms with E-state index in [-0.39, 0.29) is 5.91 Å². The smallest absolute Gasteiger partial charge is 0.348 e.